The third-order valence-corrected chi connectivity index (χ3v) is 3.37. The van der Waals surface area contributed by atoms with Gasteiger partial charge in [0, 0.05) is 23.2 Å². The van der Waals surface area contributed by atoms with Crippen molar-refractivity contribution < 1.29 is 13.5 Å². The minimum Gasteiger partial charge on any atom is -0.434 e. The minimum absolute atomic E-state index is 0.0447. The van der Waals surface area contributed by atoms with Gasteiger partial charge in [-0.25, -0.2) is 0 Å². The fourth-order valence-corrected chi connectivity index (χ4v) is 2.22. The van der Waals surface area contributed by atoms with E-state index < -0.39 is 6.61 Å². The first-order valence-electron chi connectivity index (χ1n) is 6.58. The highest BCUT2D eigenvalue weighted by Gasteiger charge is 2.11. The Kier molecular flexibility index (Phi) is 5.53. The summed E-state index contributed by atoms with van der Waals surface area (Å²) in [7, 11) is 0. The van der Waals surface area contributed by atoms with Gasteiger partial charge in [0.25, 0.3) is 0 Å². The van der Waals surface area contributed by atoms with Gasteiger partial charge in [-0.05, 0) is 30.7 Å². The van der Waals surface area contributed by atoms with Gasteiger partial charge in [0.05, 0.1) is 0 Å². The predicted octanol–water partition coefficient (Wildman–Crippen LogP) is 4.79. The Bertz CT molecular complexity index is 592. The van der Waals surface area contributed by atoms with Crippen LogP contribution in [0.15, 0.2) is 48.5 Å². The highest BCUT2D eigenvalue weighted by atomic mass is 35.5. The number of hydrogen-bond acceptors (Lipinski definition) is 2. The van der Waals surface area contributed by atoms with E-state index in [2.05, 4.69) is 10.1 Å². The summed E-state index contributed by atoms with van der Waals surface area (Å²) >= 11 is 5.96. The normalized spacial score (nSPS) is 12.4. The van der Waals surface area contributed by atoms with E-state index in [1.165, 1.54) is 6.07 Å². The lowest BCUT2D eigenvalue weighted by molar-refractivity contribution is -0.0505. The van der Waals surface area contributed by atoms with E-state index in [0.29, 0.717) is 17.1 Å². The van der Waals surface area contributed by atoms with Gasteiger partial charge in [-0.15, -0.1) is 0 Å². The van der Waals surface area contributed by atoms with E-state index in [9.17, 15) is 8.78 Å². The molecule has 2 aromatic carbocycles. The molecule has 0 aromatic heterocycles. The molecule has 2 rings (SSSR count). The van der Waals surface area contributed by atoms with Gasteiger partial charge in [0.2, 0.25) is 0 Å². The van der Waals surface area contributed by atoms with Crippen molar-refractivity contribution >= 4 is 11.6 Å². The maximum atomic E-state index is 12.4. The summed E-state index contributed by atoms with van der Waals surface area (Å²) in [5, 5.41) is 3.94. The average molecular weight is 312 g/mol. The van der Waals surface area contributed by atoms with Crippen molar-refractivity contribution in [2.75, 3.05) is 0 Å². The zero-order valence-corrected chi connectivity index (χ0v) is 12.3. The summed E-state index contributed by atoms with van der Waals surface area (Å²) in [5.74, 6) is 0.193. The highest BCUT2D eigenvalue weighted by Crippen LogP contribution is 2.22. The Morgan fingerprint density at radius 1 is 1.14 bits per heavy atom. The Balaban J connectivity index is 2.02. The number of alkyl halides is 2. The van der Waals surface area contributed by atoms with Crippen LogP contribution in [0.4, 0.5) is 8.78 Å². The van der Waals surface area contributed by atoms with Gasteiger partial charge < -0.3 is 10.1 Å². The Morgan fingerprint density at radius 3 is 2.62 bits per heavy atom. The molecule has 2 aromatic rings. The van der Waals surface area contributed by atoms with Crippen LogP contribution in [0.2, 0.25) is 5.02 Å². The molecule has 1 atom stereocenters. The Hall–Kier alpha value is -1.65. The van der Waals surface area contributed by atoms with Gasteiger partial charge in [-0.3, -0.25) is 0 Å². The lowest BCUT2D eigenvalue weighted by Crippen LogP contribution is -2.19. The molecule has 0 saturated carbocycles. The van der Waals surface area contributed by atoms with Crippen LogP contribution < -0.4 is 10.1 Å². The monoisotopic (exact) mass is 311 g/mol. The molecule has 0 aliphatic rings. The van der Waals surface area contributed by atoms with E-state index in [-0.39, 0.29) is 11.8 Å². The fraction of sp³-hybridized carbons (Fsp3) is 0.250. The predicted molar refractivity (Wildman–Crippen MR) is 79.8 cm³/mol. The molecule has 0 amide bonds. The third kappa shape index (κ3) is 4.69. The maximum Gasteiger partial charge on any atom is 0.387 e. The molecule has 0 aliphatic carbocycles. The topological polar surface area (TPSA) is 21.3 Å². The second-order valence-electron chi connectivity index (χ2n) is 4.64. The molecular formula is C16H16ClF2NO. The number of benzene rings is 2. The molecular weight excluding hydrogens is 296 g/mol. The van der Waals surface area contributed by atoms with Crippen molar-refractivity contribution in [1.29, 1.82) is 0 Å². The van der Waals surface area contributed by atoms with Crippen molar-refractivity contribution in [3.63, 3.8) is 0 Å². The van der Waals surface area contributed by atoms with E-state index in [1.807, 2.05) is 31.2 Å². The number of nitrogens with one attached hydrogen (secondary N) is 1. The first-order valence-corrected chi connectivity index (χ1v) is 6.95. The molecule has 0 unspecified atom stereocenters. The average Bonchev–Trinajstić information content (AvgIpc) is 2.45. The van der Waals surface area contributed by atoms with Crippen molar-refractivity contribution in [3.05, 3.63) is 64.7 Å². The number of hydrogen-bond donors (Lipinski definition) is 1. The van der Waals surface area contributed by atoms with Gasteiger partial charge >= 0.3 is 6.61 Å². The number of para-hydroxylation sites is 1. The summed E-state index contributed by atoms with van der Waals surface area (Å²) in [4.78, 5) is 0. The summed E-state index contributed by atoms with van der Waals surface area (Å²) < 4.78 is 29.2. The Labute approximate surface area is 127 Å². The first-order chi connectivity index (χ1) is 10.1. The molecule has 2 nitrogen and oxygen atoms in total. The fourth-order valence-electron chi connectivity index (χ4n) is 2.02. The van der Waals surface area contributed by atoms with Crippen LogP contribution in [0.5, 0.6) is 5.75 Å². The molecule has 1 N–H and O–H groups in total. The third-order valence-electron chi connectivity index (χ3n) is 3.14. The SMILES string of the molecule is C[C@H](NCc1ccccc1OC(F)F)c1cccc(Cl)c1. The van der Waals surface area contributed by atoms with E-state index in [1.54, 1.807) is 18.2 Å². The molecule has 0 heterocycles. The number of halogens is 3. The van der Waals surface area contributed by atoms with Crippen LogP contribution >= 0.6 is 11.6 Å². The molecule has 0 aliphatic heterocycles. The standard InChI is InChI=1S/C16H16ClF2NO/c1-11(12-6-4-7-14(17)9-12)20-10-13-5-2-3-8-15(13)21-16(18)19/h2-9,11,16,20H,10H2,1H3/t11-/m0/s1. The summed E-state index contributed by atoms with van der Waals surface area (Å²) in [6.45, 7) is -0.407. The molecule has 0 saturated heterocycles. The molecule has 21 heavy (non-hydrogen) atoms. The van der Waals surface area contributed by atoms with Crippen molar-refractivity contribution in [3.8, 4) is 5.75 Å². The molecule has 0 spiro atoms. The molecule has 0 radical (unpaired) electrons. The van der Waals surface area contributed by atoms with E-state index in [4.69, 9.17) is 11.6 Å². The molecule has 5 heteroatoms. The molecule has 112 valence electrons. The number of ether oxygens (including phenoxy) is 1. The maximum absolute atomic E-state index is 12.4. The van der Waals surface area contributed by atoms with Crippen molar-refractivity contribution in [2.45, 2.75) is 26.1 Å². The van der Waals surface area contributed by atoms with Crippen LogP contribution in [-0.4, -0.2) is 6.61 Å². The van der Waals surface area contributed by atoms with Crippen LogP contribution in [0, 0.1) is 0 Å². The lowest BCUT2D eigenvalue weighted by atomic mass is 10.1. The zero-order chi connectivity index (χ0) is 15.2. The van der Waals surface area contributed by atoms with Gasteiger partial charge in [-0.2, -0.15) is 8.78 Å². The van der Waals surface area contributed by atoms with Crippen LogP contribution in [0.3, 0.4) is 0 Å². The van der Waals surface area contributed by atoms with Crippen molar-refractivity contribution in [2.24, 2.45) is 0 Å². The summed E-state index contributed by atoms with van der Waals surface area (Å²) in [6, 6.07) is 14.3. The van der Waals surface area contributed by atoms with Gasteiger partial charge in [-0.1, -0.05) is 41.9 Å². The number of rotatable bonds is 6. The van der Waals surface area contributed by atoms with Gasteiger partial charge in [0.1, 0.15) is 5.75 Å². The van der Waals surface area contributed by atoms with Crippen molar-refractivity contribution in [1.82, 2.24) is 5.32 Å². The first kappa shape index (κ1) is 15.7. The molecule has 0 fully saturated rings. The van der Waals surface area contributed by atoms with Gasteiger partial charge in [0.15, 0.2) is 0 Å². The van der Waals surface area contributed by atoms with Crippen LogP contribution in [0.1, 0.15) is 24.1 Å². The zero-order valence-electron chi connectivity index (χ0n) is 11.5. The lowest BCUT2D eigenvalue weighted by Gasteiger charge is -2.16. The quantitative estimate of drug-likeness (QED) is 0.828. The van der Waals surface area contributed by atoms with Crippen LogP contribution in [0.25, 0.3) is 0 Å². The summed E-state index contributed by atoms with van der Waals surface area (Å²) in [6.07, 6.45) is 0. The highest BCUT2D eigenvalue weighted by molar-refractivity contribution is 6.30. The van der Waals surface area contributed by atoms with E-state index >= 15 is 0 Å². The Morgan fingerprint density at radius 2 is 1.90 bits per heavy atom. The summed E-state index contributed by atoms with van der Waals surface area (Å²) in [5.41, 5.74) is 1.72. The minimum atomic E-state index is -2.82. The second kappa shape index (κ2) is 7.38. The molecule has 0 bridgehead atoms. The smallest absolute Gasteiger partial charge is 0.387 e. The largest absolute Gasteiger partial charge is 0.434 e. The van der Waals surface area contributed by atoms with Crippen LogP contribution in [-0.2, 0) is 6.54 Å². The van der Waals surface area contributed by atoms with E-state index in [0.717, 1.165) is 5.56 Å². The second-order valence-corrected chi connectivity index (χ2v) is 5.08.